The van der Waals surface area contributed by atoms with Crippen molar-refractivity contribution in [3.05, 3.63) is 65.9 Å². The highest BCUT2D eigenvalue weighted by atomic mass is 35.5. The largest absolute Gasteiger partial charge is 0.487 e. The number of nitrogens with zero attached hydrogens (tertiary/aromatic N) is 4. The van der Waals surface area contributed by atoms with Crippen molar-refractivity contribution in [2.24, 2.45) is 0 Å². The van der Waals surface area contributed by atoms with Crippen LogP contribution in [-0.4, -0.2) is 32.6 Å². The quantitative estimate of drug-likeness (QED) is 0.496. The van der Waals surface area contributed by atoms with Crippen molar-refractivity contribution >= 4 is 18.1 Å². The summed E-state index contributed by atoms with van der Waals surface area (Å²) < 4.78 is 13.2. The molecule has 4 rings (SSSR count). The van der Waals surface area contributed by atoms with E-state index < -0.39 is 0 Å². The van der Waals surface area contributed by atoms with Gasteiger partial charge in [-0.25, -0.2) is 4.98 Å². The number of imidazole rings is 1. The van der Waals surface area contributed by atoms with Crippen LogP contribution in [0.5, 0.6) is 5.75 Å². The van der Waals surface area contributed by atoms with Crippen molar-refractivity contribution < 1.29 is 9.26 Å². The predicted molar refractivity (Wildman–Crippen MR) is 113 cm³/mol. The van der Waals surface area contributed by atoms with Gasteiger partial charge in [-0.3, -0.25) is 0 Å². The van der Waals surface area contributed by atoms with E-state index in [2.05, 4.69) is 40.5 Å². The Morgan fingerprint density at radius 1 is 1.10 bits per heavy atom. The second kappa shape index (κ2) is 9.07. The molecule has 0 spiro atoms. The smallest absolute Gasteiger partial charge is 0.257 e. The average molecular weight is 414 g/mol. The second-order valence-corrected chi connectivity index (χ2v) is 6.93. The maximum absolute atomic E-state index is 5.86. The van der Waals surface area contributed by atoms with E-state index in [1.807, 2.05) is 54.0 Å². The summed E-state index contributed by atoms with van der Waals surface area (Å²) in [5.41, 5.74) is 3.86. The molecular formula is C21H24ClN5O2. The molecule has 29 heavy (non-hydrogen) atoms. The van der Waals surface area contributed by atoms with Crippen LogP contribution < -0.4 is 10.1 Å². The molecule has 0 aliphatic rings. The van der Waals surface area contributed by atoms with E-state index in [0.717, 1.165) is 29.1 Å². The normalized spacial score (nSPS) is 12.0. The summed E-state index contributed by atoms with van der Waals surface area (Å²) in [6.07, 6.45) is 4.76. The van der Waals surface area contributed by atoms with E-state index in [-0.39, 0.29) is 12.4 Å². The summed E-state index contributed by atoms with van der Waals surface area (Å²) in [6, 6.07) is 12.0. The van der Waals surface area contributed by atoms with Gasteiger partial charge in [-0.15, -0.1) is 12.4 Å². The highest BCUT2D eigenvalue weighted by molar-refractivity contribution is 5.85. The maximum Gasteiger partial charge on any atom is 0.257 e. The van der Waals surface area contributed by atoms with Crippen molar-refractivity contribution in [2.45, 2.75) is 32.9 Å². The molecule has 0 bridgehead atoms. The van der Waals surface area contributed by atoms with Gasteiger partial charge < -0.3 is 19.0 Å². The van der Waals surface area contributed by atoms with Crippen LogP contribution in [0, 0.1) is 6.92 Å². The van der Waals surface area contributed by atoms with Gasteiger partial charge >= 0.3 is 0 Å². The summed E-state index contributed by atoms with van der Waals surface area (Å²) in [5, 5.41) is 7.20. The van der Waals surface area contributed by atoms with Gasteiger partial charge in [-0.05, 0) is 56.8 Å². The van der Waals surface area contributed by atoms with Gasteiger partial charge in [0.1, 0.15) is 18.0 Å². The number of fused-ring (bicyclic) bond motifs is 1. The lowest BCUT2D eigenvalue weighted by Crippen LogP contribution is -2.24. The monoisotopic (exact) mass is 413 g/mol. The van der Waals surface area contributed by atoms with Crippen molar-refractivity contribution in [1.82, 2.24) is 24.8 Å². The Balaban J connectivity index is 0.00000240. The van der Waals surface area contributed by atoms with E-state index >= 15 is 0 Å². The van der Waals surface area contributed by atoms with Crippen LogP contribution in [-0.2, 0) is 13.0 Å². The molecule has 1 aromatic carbocycles. The van der Waals surface area contributed by atoms with Gasteiger partial charge in [0.05, 0.1) is 5.69 Å². The topological polar surface area (TPSA) is 77.5 Å². The summed E-state index contributed by atoms with van der Waals surface area (Å²) in [4.78, 5) is 9.02. The molecule has 1 unspecified atom stereocenters. The number of hydrogen-bond donors (Lipinski definition) is 1. The summed E-state index contributed by atoms with van der Waals surface area (Å²) in [5.74, 6) is 1.97. The summed E-state index contributed by atoms with van der Waals surface area (Å²) >= 11 is 0. The number of aryl methyl sites for hydroxylation is 1. The first-order valence-electron chi connectivity index (χ1n) is 9.28. The number of halogens is 1. The van der Waals surface area contributed by atoms with Crippen LogP contribution >= 0.6 is 12.4 Å². The predicted octanol–water partition coefficient (Wildman–Crippen LogP) is 3.84. The molecule has 8 heteroatoms. The fourth-order valence-corrected chi connectivity index (χ4v) is 2.91. The van der Waals surface area contributed by atoms with Gasteiger partial charge in [0.25, 0.3) is 5.89 Å². The Morgan fingerprint density at radius 2 is 1.90 bits per heavy atom. The fourth-order valence-electron chi connectivity index (χ4n) is 2.91. The maximum atomic E-state index is 5.86. The van der Waals surface area contributed by atoms with Gasteiger partial charge in [0, 0.05) is 30.4 Å². The molecule has 0 saturated carbocycles. The van der Waals surface area contributed by atoms with Crippen molar-refractivity contribution in [3.8, 4) is 17.2 Å². The number of pyridine rings is 1. The third-order valence-corrected chi connectivity index (χ3v) is 4.59. The Kier molecular flexibility index (Phi) is 6.51. The molecule has 1 N–H and O–H groups in total. The zero-order chi connectivity index (χ0) is 19.5. The SMILES string of the molecule is CNC(C)Cc1noc(-c2ccc(OCc3cn4cc(C)ccc4n3)cc2)n1.Cl. The zero-order valence-corrected chi connectivity index (χ0v) is 17.4. The lowest BCUT2D eigenvalue weighted by Gasteiger charge is -2.05. The molecule has 7 nitrogen and oxygen atoms in total. The Bertz CT molecular complexity index is 1070. The zero-order valence-electron chi connectivity index (χ0n) is 16.6. The third kappa shape index (κ3) is 4.93. The molecule has 0 aliphatic heterocycles. The van der Waals surface area contributed by atoms with Crippen molar-refractivity contribution in [2.75, 3.05) is 7.05 Å². The number of nitrogens with one attached hydrogen (secondary N) is 1. The number of aromatic nitrogens is 4. The molecule has 3 heterocycles. The second-order valence-electron chi connectivity index (χ2n) is 6.93. The molecule has 0 radical (unpaired) electrons. The number of rotatable bonds is 7. The summed E-state index contributed by atoms with van der Waals surface area (Å²) in [6.45, 7) is 4.55. The lowest BCUT2D eigenvalue weighted by molar-refractivity contribution is 0.302. The minimum atomic E-state index is 0. The fraction of sp³-hybridized carbons (Fsp3) is 0.286. The number of likely N-dealkylation sites (N-methyl/N-ethyl adjacent to an activating group) is 1. The van der Waals surface area contributed by atoms with E-state index in [9.17, 15) is 0 Å². The minimum absolute atomic E-state index is 0. The van der Waals surface area contributed by atoms with Gasteiger partial charge in [0.15, 0.2) is 5.82 Å². The molecule has 0 saturated heterocycles. The molecular weight excluding hydrogens is 390 g/mol. The first kappa shape index (κ1) is 20.8. The van der Waals surface area contributed by atoms with Crippen molar-refractivity contribution in [1.29, 1.82) is 0 Å². The average Bonchev–Trinajstić information content (AvgIpc) is 3.33. The van der Waals surface area contributed by atoms with Crippen LogP contribution in [0.15, 0.2) is 53.3 Å². The molecule has 0 aliphatic carbocycles. The van der Waals surface area contributed by atoms with Gasteiger partial charge in [-0.2, -0.15) is 4.98 Å². The number of benzene rings is 1. The van der Waals surface area contributed by atoms with Crippen LogP contribution in [0.3, 0.4) is 0 Å². The highest BCUT2D eigenvalue weighted by Gasteiger charge is 2.11. The minimum Gasteiger partial charge on any atom is -0.487 e. The number of hydrogen-bond acceptors (Lipinski definition) is 6. The lowest BCUT2D eigenvalue weighted by atomic mass is 10.2. The molecule has 3 aromatic heterocycles. The standard InChI is InChI=1S/C21H23N5O2.ClH/c1-14-4-9-20-23-17(12-26(20)11-14)13-27-18-7-5-16(6-8-18)21-24-19(25-28-21)10-15(2)22-3;/h4-9,11-12,15,22H,10,13H2,1-3H3;1H. The highest BCUT2D eigenvalue weighted by Crippen LogP contribution is 2.22. The van der Waals surface area contributed by atoms with Crippen LogP contribution in [0.25, 0.3) is 17.1 Å². The number of ether oxygens (including phenoxy) is 1. The van der Waals surface area contributed by atoms with E-state index in [1.54, 1.807) is 0 Å². The van der Waals surface area contributed by atoms with Gasteiger partial charge in [-0.1, -0.05) is 11.2 Å². The third-order valence-electron chi connectivity index (χ3n) is 4.59. The van der Waals surface area contributed by atoms with E-state index in [4.69, 9.17) is 9.26 Å². The summed E-state index contributed by atoms with van der Waals surface area (Å²) in [7, 11) is 1.91. The van der Waals surface area contributed by atoms with E-state index in [1.165, 1.54) is 5.56 Å². The molecule has 152 valence electrons. The van der Waals surface area contributed by atoms with Crippen LogP contribution in [0.4, 0.5) is 0 Å². The Labute approximate surface area is 175 Å². The first-order chi connectivity index (χ1) is 13.6. The van der Waals surface area contributed by atoms with Gasteiger partial charge in [0.2, 0.25) is 0 Å². The van der Waals surface area contributed by atoms with E-state index in [0.29, 0.717) is 24.4 Å². The molecule has 1 atom stereocenters. The van der Waals surface area contributed by atoms with Crippen LogP contribution in [0.2, 0.25) is 0 Å². The molecule has 4 aromatic rings. The molecule has 0 amide bonds. The molecule has 0 fully saturated rings. The van der Waals surface area contributed by atoms with Crippen molar-refractivity contribution in [3.63, 3.8) is 0 Å². The first-order valence-corrected chi connectivity index (χ1v) is 9.28. The Morgan fingerprint density at radius 3 is 2.66 bits per heavy atom. The Hall–Kier alpha value is -2.90. The van der Waals surface area contributed by atoms with Crippen LogP contribution in [0.1, 0.15) is 24.0 Å².